The van der Waals surface area contributed by atoms with Gasteiger partial charge in [0.25, 0.3) is 5.65 Å². The Bertz CT molecular complexity index is 512. The van der Waals surface area contributed by atoms with Crippen LogP contribution in [0.1, 0.15) is 6.29 Å². The Morgan fingerprint density at radius 3 is 2.53 bits per heavy atom. The van der Waals surface area contributed by atoms with Crippen LogP contribution in [0.15, 0.2) is 18.3 Å². The molecule has 0 atom stereocenters. The second-order valence-electron chi connectivity index (χ2n) is 4.33. The van der Waals surface area contributed by atoms with Gasteiger partial charge in [0, 0.05) is 6.20 Å². The van der Waals surface area contributed by atoms with Crippen LogP contribution < -0.4 is 4.85 Å². The van der Waals surface area contributed by atoms with Crippen LogP contribution in [-0.4, -0.2) is 52.9 Å². The first-order valence-corrected chi connectivity index (χ1v) is 5.28. The molecule has 0 N–H and O–H groups in total. The van der Waals surface area contributed by atoms with Gasteiger partial charge in [-0.2, -0.15) is 0 Å². The monoisotopic (exact) mass is 236 g/mol. The molecule has 0 spiro atoms. The molecule has 0 amide bonds. The van der Waals surface area contributed by atoms with Gasteiger partial charge in [0.1, 0.15) is 0 Å². The molecular weight excluding hydrogens is 220 g/mol. The minimum Gasteiger partial charge on any atom is -0.691 e. The van der Waals surface area contributed by atoms with E-state index in [2.05, 4.69) is 10.2 Å². The summed E-state index contributed by atoms with van der Waals surface area (Å²) >= 11 is 0. The number of pyridine rings is 1. The van der Waals surface area contributed by atoms with Crippen LogP contribution in [0.4, 0.5) is 0 Å². The third-order valence-electron chi connectivity index (χ3n) is 2.51. The maximum absolute atomic E-state index is 11.7. The van der Waals surface area contributed by atoms with Gasteiger partial charge in [-0.25, -0.2) is 4.98 Å². The quantitative estimate of drug-likeness (QED) is 0.414. The van der Waals surface area contributed by atoms with Gasteiger partial charge in [-0.1, -0.05) is 4.68 Å². The summed E-state index contributed by atoms with van der Waals surface area (Å²) in [6.07, 6.45) is 1.51. The minimum atomic E-state index is -0.150. The van der Waals surface area contributed by atoms with Crippen LogP contribution >= 0.6 is 0 Å². The van der Waals surface area contributed by atoms with E-state index in [9.17, 15) is 5.21 Å². The highest BCUT2D eigenvalue weighted by Crippen LogP contribution is 2.15. The molecule has 0 aromatic carbocycles. The maximum Gasteiger partial charge on any atom is 0.295 e. The van der Waals surface area contributed by atoms with Crippen LogP contribution in [0.2, 0.25) is 0 Å². The summed E-state index contributed by atoms with van der Waals surface area (Å²) in [6.45, 7) is 0. The molecule has 17 heavy (non-hydrogen) atoms. The molecule has 0 saturated heterocycles. The topological polar surface area (TPSA) is 64.1 Å². The molecule has 92 valence electrons. The molecular formula is C10H16N6O. The van der Waals surface area contributed by atoms with Gasteiger partial charge in [-0.15, -0.1) is 4.85 Å². The van der Waals surface area contributed by atoms with Crippen LogP contribution in [-0.2, 0) is 0 Å². The smallest absolute Gasteiger partial charge is 0.295 e. The van der Waals surface area contributed by atoms with E-state index in [1.165, 1.54) is 0 Å². The van der Waals surface area contributed by atoms with Crippen molar-refractivity contribution < 1.29 is 4.85 Å². The molecule has 2 rings (SSSR count). The van der Waals surface area contributed by atoms with E-state index in [-0.39, 0.29) is 6.29 Å². The summed E-state index contributed by atoms with van der Waals surface area (Å²) in [4.78, 5) is 8.73. The molecule has 2 aromatic heterocycles. The number of hydrogen-bond acceptors (Lipinski definition) is 5. The lowest BCUT2D eigenvalue weighted by Gasteiger charge is -2.25. The summed E-state index contributed by atoms with van der Waals surface area (Å²) in [5.74, 6) is 0. The van der Waals surface area contributed by atoms with Gasteiger partial charge in [0.15, 0.2) is 0 Å². The molecule has 0 aliphatic heterocycles. The number of hydrogen-bond donors (Lipinski definition) is 0. The molecule has 0 aliphatic carbocycles. The Morgan fingerprint density at radius 1 is 1.29 bits per heavy atom. The second-order valence-corrected chi connectivity index (χ2v) is 4.33. The first-order chi connectivity index (χ1) is 8.02. The number of fused-ring (bicyclic) bond motifs is 1. The first kappa shape index (κ1) is 11.7. The van der Waals surface area contributed by atoms with Crippen molar-refractivity contribution in [2.24, 2.45) is 0 Å². The highest BCUT2D eigenvalue weighted by Gasteiger charge is 2.27. The van der Waals surface area contributed by atoms with Crippen molar-refractivity contribution in [3.63, 3.8) is 0 Å². The zero-order chi connectivity index (χ0) is 12.6. The lowest BCUT2D eigenvalue weighted by atomic mass is 10.4. The highest BCUT2D eigenvalue weighted by molar-refractivity contribution is 5.65. The molecule has 7 nitrogen and oxygen atoms in total. The standard InChI is InChI=1S/C10H16N6O/c1-13(2)10(14(3)4)15-9-8(16(17)12-15)6-5-7-11-9/h5-7,10H,1-4H3. The van der Waals surface area contributed by atoms with Gasteiger partial charge >= 0.3 is 0 Å². The molecule has 7 heteroatoms. The van der Waals surface area contributed by atoms with Crippen molar-refractivity contribution in [3.05, 3.63) is 23.5 Å². The number of nitrogens with zero attached hydrogens (tertiary/aromatic N) is 6. The number of aromatic nitrogens is 4. The highest BCUT2D eigenvalue weighted by atomic mass is 16.5. The van der Waals surface area contributed by atoms with E-state index in [1.54, 1.807) is 23.0 Å². The van der Waals surface area contributed by atoms with Crippen molar-refractivity contribution in [1.29, 1.82) is 0 Å². The Hall–Kier alpha value is -1.73. The van der Waals surface area contributed by atoms with E-state index < -0.39 is 0 Å². The molecule has 0 aliphatic rings. The Morgan fingerprint density at radius 2 is 1.94 bits per heavy atom. The Balaban J connectivity index is 2.61. The van der Waals surface area contributed by atoms with Gasteiger partial charge in [0.05, 0.1) is 5.21 Å². The SMILES string of the molecule is CN(C)C(N(C)C)n1n[n+]([O-])c2cccnc21. The Labute approximate surface area is 99.4 Å². The van der Waals surface area contributed by atoms with Crippen molar-refractivity contribution in [3.8, 4) is 0 Å². The fraction of sp³-hybridized carbons (Fsp3) is 0.500. The second kappa shape index (κ2) is 4.27. The summed E-state index contributed by atoms with van der Waals surface area (Å²) in [5.41, 5.74) is 1.05. The molecule has 2 heterocycles. The van der Waals surface area contributed by atoms with Crippen LogP contribution in [0.3, 0.4) is 0 Å². The molecule has 0 saturated carbocycles. The van der Waals surface area contributed by atoms with E-state index in [4.69, 9.17) is 0 Å². The van der Waals surface area contributed by atoms with E-state index in [0.717, 1.165) is 0 Å². The van der Waals surface area contributed by atoms with Gasteiger partial charge in [0.2, 0.25) is 11.8 Å². The summed E-state index contributed by atoms with van der Waals surface area (Å²) in [7, 11) is 7.71. The van der Waals surface area contributed by atoms with Gasteiger partial charge in [-0.05, 0) is 40.3 Å². The average molecular weight is 236 g/mol. The lowest BCUT2D eigenvalue weighted by Crippen LogP contribution is -2.40. The fourth-order valence-corrected chi connectivity index (χ4v) is 1.95. The van der Waals surface area contributed by atoms with Crippen molar-refractivity contribution in [2.45, 2.75) is 6.29 Å². The molecule has 0 bridgehead atoms. The van der Waals surface area contributed by atoms with Gasteiger partial charge in [-0.3, -0.25) is 9.80 Å². The van der Waals surface area contributed by atoms with Gasteiger partial charge < -0.3 is 5.21 Å². The largest absolute Gasteiger partial charge is 0.691 e. The van der Waals surface area contributed by atoms with E-state index in [0.29, 0.717) is 16.0 Å². The predicted molar refractivity (Wildman–Crippen MR) is 62.9 cm³/mol. The normalized spacial score (nSPS) is 12.2. The van der Waals surface area contributed by atoms with E-state index >= 15 is 0 Å². The Kier molecular flexibility index (Phi) is 2.95. The van der Waals surface area contributed by atoms with Crippen molar-refractivity contribution >= 4 is 11.2 Å². The predicted octanol–water partition coefficient (Wildman–Crippen LogP) is -0.356. The van der Waals surface area contributed by atoms with Crippen molar-refractivity contribution in [2.75, 3.05) is 28.2 Å². The first-order valence-electron chi connectivity index (χ1n) is 5.28. The minimum absolute atomic E-state index is 0.150. The zero-order valence-corrected chi connectivity index (χ0v) is 10.4. The summed E-state index contributed by atoms with van der Waals surface area (Å²) < 4.78 is 1.61. The van der Waals surface area contributed by atoms with Crippen LogP contribution in [0.25, 0.3) is 11.2 Å². The molecule has 0 fully saturated rings. The summed E-state index contributed by atoms with van der Waals surface area (Å²) in [5, 5.41) is 15.6. The summed E-state index contributed by atoms with van der Waals surface area (Å²) in [6, 6.07) is 3.43. The lowest BCUT2D eigenvalue weighted by molar-refractivity contribution is -0.647. The van der Waals surface area contributed by atoms with E-state index in [1.807, 2.05) is 38.0 Å². The number of rotatable bonds is 3. The van der Waals surface area contributed by atoms with Crippen LogP contribution in [0.5, 0.6) is 0 Å². The maximum atomic E-state index is 11.7. The molecule has 0 radical (unpaired) electrons. The third kappa shape index (κ3) is 1.94. The average Bonchev–Trinajstić information content (AvgIpc) is 2.56. The fourth-order valence-electron chi connectivity index (χ4n) is 1.95. The van der Waals surface area contributed by atoms with Crippen molar-refractivity contribution in [1.82, 2.24) is 24.7 Å². The molecule has 0 unspecified atom stereocenters. The van der Waals surface area contributed by atoms with Crippen LogP contribution in [0, 0.1) is 5.21 Å². The third-order valence-corrected chi connectivity index (χ3v) is 2.51. The zero-order valence-electron chi connectivity index (χ0n) is 10.4. The molecule has 2 aromatic rings.